The van der Waals surface area contributed by atoms with E-state index < -0.39 is 42.1 Å². The van der Waals surface area contributed by atoms with Gasteiger partial charge in [0.2, 0.25) is 12.7 Å². The molecule has 4 heterocycles. The number of hydrogen-bond donors (Lipinski definition) is 2. The van der Waals surface area contributed by atoms with E-state index in [9.17, 15) is 24.3 Å². The van der Waals surface area contributed by atoms with E-state index in [0.29, 0.717) is 23.1 Å². The van der Waals surface area contributed by atoms with Crippen molar-refractivity contribution in [2.45, 2.75) is 52.0 Å². The zero-order valence-corrected chi connectivity index (χ0v) is 22.4. The van der Waals surface area contributed by atoms with E-state index in [1.807, 2.05) is 11.8 Å². The van der Waals surface area contributed by atoms with Crippen LogP contribution in [0.1, 0.15) is 45.1 Å². The van der Waals surface area contributed by atoms with E-state index in [1.54, 1.807) is 33.1 Å². The van der Waals surface area contributed by atoms with Gasteiger partial charge in [0.1, 0.15) is 11.4 Å². The first-order chi connectivity index (χ1) is 16.8. The number of ether oxygens (including phenoxy) is 2. The molecule has 2 amide bonds. The molecule has 0 saturated carbocycles. The number of thiazole rings is 1. The van der Waals surface area contributed by atoms with Crippen LogP contribution in [0.5, 0.6) is 0 Å². The average molecular weight is 539 g/mol. The molecule has 0 radical (unpaired) electrons. The van der Waals surface area contributed by atoms with Crippen LogP contribution < -0.4 is 10.6 Å². The Balaban J connectivity index is 1.47. The molecule has 0 aromatic carbocycles. The second-order valence-electron chi connectivity index (χ2n) is 10.2. The molecule has 3 aliphatic heterocycles. The molecule has 1 aromatic rings. The van der Waals surface area contributed by atoms with Crippen molar-refractivity contribution in [3.05, 3.63) is 21.7 Å². The minimum Gasteiger partial charge on any atom is -0.427 e. The van der Waals surface area contributed by atoms with Gasteiger partial charge in [-0.1, -0.05) is 6.92 Å². The molecule has 0 aliphatic carbocycles. The van der Waals surface area contributed by atoms with Gasteiger partial charge in [0.15, 0.2) is 5.13 Å². The predicted molar refractivity (Wildman–Crippen MR) is 133 cm³/mol. The van der Waals surface area contributed by atoms with E-state index >= 15 is 0 Å². The quantitative estimate of drug-likeness (QED) is 0.282. The highest BCUT2D eigenvalue weighted by Gasteiger charge is 2.60. The van der Waals surface area contributed by atoms with Crippen LogP contribution in [0.25, 0.3) is 0 Å². The Morgan fingerprint density at radius 2 is 1.97 bits per heavy atom. The summed E-state index contributed by atoms with van der Waals surface area (Å²) in [6.45, 7) is 9.28. The van der Waals surface area contributed by atoms with Crippen molar-refractivity contribution in [3.8, 4) is 0 Å². The van der Waals surface area contributed by atoms with E-state index in [-0.39, 0.29) is 34.5 Å². The van der Waals surface area contributed by atoms with Crippen LogP contribution in [0.3, 0.4) is 0 Å². The van der Waals surface area contributed by atoms with Crippen molar-refractivity contribution in [1.82, 2.24) is 9.88 Å². The van der Waals surface area contributed by atoms with Crippen molar-refractivity contribution >= 4 is 52.0 Å². The second kappa shape index (κ2) is 9.67. The van der Waals surface area contributed by atoms with E-state index in [1.165, 1.54) is 28.0 Å². The fourth-order valence-corrected chi connectivity index (χ4v) is 6.81. The normalized spacial score (nSPS) is 24.7. The number of nitrogens with zero attached hydrogens (tertiary/aromatic N) is 3. The monoisotopic (exact) mass is 538 g/mol. The van der Waals surface area contributed by atoms with Crippen LogP contribution >= 0.6 is 23.1 Å². The summed E-state index contributed by atoms with van der Waals surface area (Å²) in [6.07, 6.45) is -0.848. The van der Waals surface area contributed by atoms with Gasteiger partial charge in [-0.25, -0.2) is 9.78 Å². The number of β-lactam (4-membered cyclic amide) rings is 1. The number of esters is 2. The summed E-state index contributed by atoms with van der Waals surface area (Å²) in [4.78, 5) is 57.6. The molecule has 3 aliphatic rings. The van der Waals surface area contributed by atoms with Crippen molar-refractivity contribution < 1.29 is 33.8 Å². The lowest BCUT2D eigenvalue weighted by Gasteiger charge is -2.46. The fraction of sp³-hybridized carbons (Fsp3) is 0.609. The Hall–Kier alpha value is -2.64. The third-order valence-electron chi connectivity index (χ3n) is 6.45. The predicted octanol–water partition coefficient (Wildman–Crippen LogP) is 1.32. The summed E-state index contributed by atoms with van der Waals surface area (Å²) >= 11 is 2.83. The fourth-order valence-electron chi connectivity index (χ4n) is 4.46. The molecule has 13 heteroatoms. The number of amides is 2. The number of primary amides is 1. The molecule has 2 fully saturated rings. The number of thioether (sulfide) groups is 1. The highest BCUT2D eigenvalue weighted by atomic mass is 32.2. The van der Waals surface area contributed by atoms with Crippen LogP contribution in [0.4, 0.5) is 5.13 Å². The summed E-state index contributed by atoms with van der Waals surface area (Å²) < 4.78 is 10.3. The number of carbonyl (C=O) groups is 4. The van der Waals surface area contributed by atoms with Crippen LogP contribution in [-0.4, -0.2) is 76.0 Å². The number of fused-ring (bicyclic) bond motifs is 1. The summed E-state index contributed by atoms with van der Waals surface area (Å²) in [5.74, 6) is -2.93. The molecule has 196 valence electrons. The molecular weight excluding hydrogens is 508 g/mol. The van der Waals surface area contributed by atoms with Gasteiger partial charge in [0.25, 0.3) is 5.91 Å². The first kappa shape index (κ1) is 26.4. The largest absolute Gasteiger partial charge is 0.427 e. The second-order valence-corrected chi connectivity index (χ2v) is 12.4. The van der Waals surface area contributed by atoms with Crippen LogP contribution in [0, 0.1) is 17.3 Å². The molecule has 0 spiro atoms. The maximum Gasteiger partial charge on any atom is 0.358 e. The maximum atomic E-state index is 13.1. The highest BCUT2D eigenvalue weighted by Crippen LogP contribution is 2.52. The molecule has 11 nitrogen and oxygen atoms in total. The number of rotatable bonds is 8. The molecule has 1 aromatic heterocycles. The van der Waals surface area contributed by atoms with E-state index in [2.05, 4.69) is 4.98 Å². The van der Waals surface area contributed by atoms with E-state index in [4.69, 9.17) is 15.2 Å². The zero-order valence-electron chi connectivity index (χ0n) is 20.7. The minimum atomic E-state index is -0.848. The van der Waals surface area contributed by atoms with E-state index in [0.717, 1.165) is 0 Å². The van der Waals surface area contributed by atoms with Gasteiger partial charge in [-0.15, -0.1) is 23.1 Å². The molecule has 2 unspecified atom stereocenters. The third-order valence-corrected chi connectivity index (χ3v) is 8.80. The van der Waals surface area contributed by atoms with Crippen LogP contribution in [-0.2, 0) is 23.9 Å². The van der Waals surface area contributed by atoms with Crippen molar-refractivity contribution in [3.63, 3.8) is 0 Å². The zero-order chi connectivity index (χ0) is 26.5. The van der Waals surface area contributed by atoms with Crippen LogP contribution in [0.15, 0.2) is 16.0 Å². The summed E-state index contributed by atoms with van der Waals surface area (Å²) in [6, 6.07) is -0.340. The van der Waals surface area contributed by atoms with Gasteiger partial charge in [-0.3, -0.25) is 14.4 Å². The highest BCUT2D eigenvalue weighted by molar-refractivity contribution is 8.03. The Morgan fingerprint density at radius 1 is 1.31 bits per heavy atom. The van der Waals surface area contributed by atoms with Gasteiger partial charge in [0, 0.05) is 34.5 Å². The Labute approximate surface area is 217 Å². The molecule has 36 heavy (non-hydrogen) atoms. The van der Waals surface area contributed by atoms with Gasteiger partial charge in [-0.2, -0.15) is 0 Å². The summed E-state index contributed by atoms with van der Waals surface area (Å²) in [5.41, 5.74) is 4.91. The van der Waals surface area contributed by atoms with Gasteiger partial charge in [-0.05, 0) is 27.7 Å². The Bertz CT molecular complexity index is 1120. The molecule has 2 saturated heterocycles. The topological polar surface area (TPSA) is 152 Å². The number of aliphatic hydroxyl groups excluding tert-OH is 1. The molecular formula is C23H30N4O7S2. The third kappa shape index (κ3) is 4.71. The number of aromatic nitrogens is 1. The number of carbonyl (C=O) groups excluding carboxylic acids is 4. The lowest BCUT2D eigenvalue weighted by Crippen LogP contribution is -2.63. The SMILES string of the molecule is C[C@@H](O)C1C(=O)N2C(C(=O)OCOC(=O)C(C)(C)C)=C(SC3CN(c4nc(C(N)=O)cs4)C3)[C@H](C)C12. The maximum absolute atomic E-state index is 13.1. The number of nitrogens with two attached hydrogens (primary N) is 1. The minimum absolute atomic E-state index is 0.115. The lowest BCUT2D eigenvalue weighted by molar-refractivity contribution is -0.175. The standard InChI is InChI=1S/C23H30N4O7S2/c1-10-15-14(11(2)28)19(30)27(15)16(20(31)33-9-34-21(32)23(3,4)5)17(10)36-12-6-26(7-12)22-25-13(8-35-22)18(24)29/h8,10-12,14-15,28H,6-7,9H2,1-5H3,(H2,24,29)/t10-,11-,14?,15?/m1/s1. The molecule has 4 atom stereocenters. The number of aliphatic hydroxyl groups is 1. The smallest absolute Gasteiger partial charge is 0.358 e. The number of hydrogen-bond acceptors (Lipinski definition) is 11. The first-order valence-corrected chi connectivity index (χ1v) is 13.3. The van der Waals surface area contributed by atoms with Crippen molar-refractivity contribution in [2.24, 2.45) is 23.0 Å². The first-order valence-electron chi connectivity index (χ1n) is 11.6. The summed E-state index contributed by atoms with van der Waals surface area (Å²) in [7, 11) is 0. The van der Waals surface area contributed by atoms with Gasteiger partial charge >= 0.3 is 11.9 Å². The van der Waals surface area contributed by atoms with Crippen molar-refractivity contribution in [2.75, 3.05) is 24.8 Å². The Morgan fingerprint density at radius 3 is 2.53 bits per heavy atom. The molecule has 4 rings (SSSR count). The van der Waals surface area contributed by atoms with Crippen molar-refractivity contribution in [1.29, 1.82) is 0 Å². The van der Waals surface area contributed by atoms with Gasteiger partial charge in [0.05, 0.1) is 23.5 Å². The van der Waals surface area contributed by atoms with Crippen LogP contribution in [0.2, 0.25) is 0 Å². The summed E-state index contributed by atoms with van der Waals surface area (Å²) in [5, 5.41) is 12.6. The van der Waals surface area contributed by atoms with Gasteiger partial charge < -0.3 is 30.1 Å². The molecule has 3 N–H and O–H groups in total. The lowest BCUT2D eigenvalue weighted by atomic mass is 9.79. The Kier molecular flexibility index (Phi) is 7.10. The number of anilines is 1. The molecule has 0 bridgehead atoms. The average Bonchev–Trinajstić information content (AvgIpc) is 3.31.